The number of likely N-dealkylation sites (tertiary alicyclic amines) is 1. The second-order valence-electron chi connectivity index (χ2n) is 6.65. The lowest BCUT2D eigenvalue weighted by Crippen LogP contribution is -2.35. The van der Waals surface area contributed by atoms with Crippen LogP contribution in [0.15, 0.2) is 18.2 Å². The van der Waals surface area contributed by atoms with E-state index in [0.29, 0.717) is 0 Å². The van der Waals surface area contributed by atoms with Crippen molar-refractivity contribution in [2.75, 3.05) is 19.6 Å². The Hall–Kier alpha value is -0.930. The summed E-state index contributed by atoms with van der Waals surface area (Å²) in [6.07, 6.45) is 3.86. The Morgan fingerprint density at radius 1 is 1.24 bits per heavy atom. The molecule has 2 heterocycles. The third-order valence-electron chi connectivity index (χ3n) is 4.56. The van der Waals surface area contributed by atoms with Crippen molar-refractivity contribution in [2.45, 2.75) is 53.1 Å². The number of nitrogens with one attached hydrogen (secondary N) is 1. The predicted octanol–water partition coefficient (Wildman–Crippen LogP) is 3.45. The van der Waals surface area contributed by atoms with Crippen LogP contribution in [-0.4, -0.2) is 29.5 Å². The summed E-state index contributed by atoms with van der Waals surface area (Å²) in [5.41, 5.74) is 2.38. The Bertz CT molecular complexity index is 409. The van der Waals surface area contributed by atoms with Gasteiger partial charge in [0.2, 0.25) is 0 Å². The topological polar surface area (TPSA) is 28.2 Å². The second-order valence-corrected chi connectivity index (χ2v) is 6.65. The summed E-state index contributed by atoms with van der Waals surface area (Å²) in [6.45, 7) is 12.3. The van der Waals surface area contributed by atoms with Crippen LogP contribution in [0.5, 0.6) is 0 Å². The Kier molecular flexibility index (Phi) is 6.65. The summed E-state index contributed by atoms with van der Waals surface area (Å²) in [7, 11) is 0. The number of piperidine rings is 1. The Labute approximate surface area is 130 Å². The zero-order chi connectivity index (χ0) is 15.1. The van der Waals surface area contributed by atoms with E-state index in [4.69, 9.17) is 4.98 Å². The molecule has 21 heavy (non-hydrogen) atoms. The van der Waals surface area contributed by atoms with Crippen molar-refractivity contribution in [3.05, 3.63) is 29.6 Å². The highest BCUT2D eigenvalue weighted by molar-refractivity contribution is 5.11. The Balaban J connectivity index is 1.81. The van der Waals surface area contributed by atoms with E-state index in [0.717, 1.165) is 37.2 Å². The van der Waals surface area contributed by atoms with Crippen LogP contribution < -0.4 is 5.32 Å². The molecule has 1 N–H and O–H groups in total. The average molecular weight is 289 g/mol. The van der Waals surface area contributed by atoms with Crippen molar-refractivity contribution in [1.82, 2.24) is 15.2 Å². The third-order valence-corrected chi connectivity index (χ3v) is 4.56. The van der Waals surface area contributed by atoms with Crippen LogP contribution in [0.1, 0.15) is 51.4 Å². The van der Waals surface area contributed by atoms with Crippen LogP contribution in [0.2, 0.25) is 0 Å². The molecule has 1 aliphatic rings. The van der Waals surface area contributed by atoms with Gasteiger partial charge in [0, 0.05) is 13.1 Å². The van der Waals surface area contributed by atoms with Gasteiger partial charge < -0.3 is 5.32 Å². The van der Waals surface area contributed by atoms with Gasteiger partial charge in [0.15, 0.2) is 0 Å². The molecule has 1 fully saturated rings. The minimum atomic E-state index is 0.832. The summed E-state index contributed by atoms with van der Waals surface area (Å²) >= 11 is 0. The highest BCUT2D eigenvalue weighted by atomic mass is 15.1. The highest BCUT2D eigenvalue weighted by Crippen LogP contribution is 2.25. The fraction of sp³-hybridized carbons (Fsp3) is 0.722. The first-order chi connectivity index (χ1) is 10.2. The molecule has 0 amide bonds. The Morgan fingerprint density at radius 3 is 2.62 bits per heavy atom. The first kappa shape index (κ1) is 16.4. The molecule has 0 atom stereocenters. The summed E-state index contributed by atoms with van der Waals surface area (Å²) in [5, 5.41) is 3.42. The third kappa shape index (κ3) is 5.40. The molecule has 1 aromatic rings. The van der Waals surface area contributed by atoms with Crippen molar-refractivity contribution >= 4 is 0 Å². The molecule has 0 aliphatic carbocycles. The molecule has 118 valence electrons. The first-order valence-corrected chi connectivity index (χ1v) is 8.57. The Morgan fingerprint density at radius 2 is 1.95 bits per heavy atom. The van der Waals surface area contributed by atoms with Gasteiger partial charge in [-0.3, -0.25) is 9.88 Å². The molecular weight excluding hydrogens is 258 g/mol. The fourth-order valence-corrected chi connectivity index (χ4v) is 3.12. The normalized spacial score (nSPS) is 17.5. The molecule has 0 bridgehead atoms. The highest BCUT2D eigenvalue weighted by Gasteiger charge is 2.21. The van der Waals surface area contributed by atoms with Crippen molar-refractivity contribution in [3.63, 3.8) is 0 Å². The molecule has 1 aliphatic heterocycles. The van der Waals surface area contributed by atoms with E-state index < -0.39 is 0 Å². The zero-order valence-electron chi connectivity index (χ0n) is 13.9. The number of pyridine rings is 1. The minimum Gasteiger partial charge on any atom is -0.311 e. The van der Waals surface area contributed by atoms with Gasteiger partial charge >= 0.3 is 0 Å². The van der Waals surface area contributed by atoms with Gasteiger partial charge in [0.05, 0.1) is 11.4 Å². The van der Waals surface area contributed by atoms with Crippen molar-refractivity contribution in [1.29, 1.82) is 0 Å². The largest absolute Gasteiger partial charge is 0.311 e. The number of rotatable bonds is 7. The van der Waals surface area contributed by atoms with Crippen molar-refractivity contribution in [3.8, 4) is 0 Å². The van der Waals surface area contributed by atoms with Gasteiger partial charge in [0.25, 0.3) is 0 Å². The van der Waals surface area contributed by atoms with E-state index in [1.54, 1.807) is 0 Å². The van der Waals surface area contributed by atoms with Gasteiger partial charge in [0.1, 0.15) is 0 Å². The van der Waals surface area contributed by atoms with Crippen molar-refractivity contribution in [2.24, 2.45) is 11.8 Å². The lowest BCUT2D eigenvalue weighted by Gasteiger charge is -2.33. The average Bonchev–Trinajstić information content (AvgIpc) is 2.48. The molecule has 1 aromatic heterocycles. The van der Waals surface area contributed by atoms with E-state index >= 15 is 0 Å². The lowest BCUT2D eigenvalue weighted by atomic mass is 9.87. The minimum absolute atomic E-state index is 0.832. The van der Waals surface area contributed by atoms with Crippen LogP contribution in [0.4, 0.5) is 0 Å². The molecule has 0 saturated carbocycles. The molecule has 0 radical (unpaired) electrons. The fourth-order valence-electron chi connectivity index (χ4n) is 3.12. The van der Waals surface area contributed by atoms with Gasteiger partial charge in [-0.25, -0.2) is 0 Å². The zero-order valence-corrected chi connectivity index (χ0v) is 13.9. The van der Waals surface area contributed by atoms with Crippen LogP contribution in [-0.2, 0) is 13.1 Å². The van der Waals surface area contributed by atoms with Gasteiger partial charge in [-0.2, -0.15) is 0 Å². The van der Waals surface area contributed by atoms with E-state index in [9.17, 15) is 0 Å². The summed E-state index contributed by atoms with van der Waals surface area (Å²) < 4.78 is 0. The van der Waals surface area contributed by atoms with E-state index in [1.807, 2.05) is 0 Å². The second kappa shape index (κ2) is 8.50. The summed E-state index contributed by atoms with van der Waals surface area (Å²) in [6, 6.07) is 6.43. The van der Waals surface area contributed by atoms with Gasteiger partial charge in [-0.15, -0.1) is 0 Å². The molecular formula is C18H31N3. The smallest absolute Gasteiger partial charge is 0.0547 e. The number of hydrogen-bond acceptors (Lipinski definition) is 3. The van der Waals surface area contributed by atoms with E-state index in [1.165, 1.54) is 38.0 Å². The molecule has 1 saturated heterocycles. The maximum Gasteiger partial charge on any atom is 0.0547 e. The standard InChI is InChI=1S/C18H31N3/c1-4-10-19-13-17-6-5-7-18(20-17)14-21-11-8-16(9-12-21)15(2)3/h5-7,15-16,19H,4,8-14H2,1-3H3. The number of aromatic nitrogens is 1. The molecule has 3 heteroatoms. The molecule has 0 spiro atoms. The SMILES string of the molecule is CCCNCc1cccc(CN2CCC(C(C)C)CC2)n1. The molecule has 0 unspecified atom stereocenters. The number of nitrogens with zero attached hydrogens (tertiary/aromatic N) is 2. The van der Waals surface area contributed by atoms with E-state index in [2.05, 4.69) is 49.2 Å². The lowest BCUT2D eigenvalue weighted by molar-refractivity contribution is 0.150. The quantitative estimate of drug-likeness (QED) is 0.779. The van der Waals surface area contributed by atoms with Crippen LogP contribution in [0, 0.1) is 11.8 Å². The maximum absolute atomic E-state index is 4.79. The van der Waals surface area contributed by atoms with Gasteiger partial charge in [-0.05, 0) is 62.9 Å². The van der Waals surface area contributed by atoms with Crippen LogP contribution in [0.3, 0.4) is 0 Å². The van der Waals surface area contributed by atoms with Crippen LogP contribution >= 0.6 is 0 Å². The van der Waals surface area contributed by atoms with E-state index in [-0.39, 0.29) is 0 Å². The first-order valence-electron chi connectivity index (χ1n) is 8.57. The van der Waals surface area contributed by atoms with Crippen molar-refractivity contribution < 1.29 is 0 Å². The van der Waals surface area contributed by atoms with Gasteiger partial charge in [-0.1, -0.05) is 26.8 Å². The summed E-state index contributed by atoms with van der Waals surface area (Å²) in [4.78, 5) is 7.35. The van der Waals surface area contributed by atoms with Crippen LogP contribution in [0.25, 0.3) is 0 Å². The summed E-state index contributed by atoms with van der Waals surface area (Å²) in [5.74, 6) is 1.75. The number of hydrogen-bond donors (Lipinski definition) is 1. The molecule has 2 rings (SSSR count). The molecule has 3 nitrogen and oxygen atoms in total. The molecule has 0 aromatic carbocycles. The monoisotopic (exact) mass is 289 g/mol. The predicted molar refractivity (Wildman–Crippen MR) is 89.1 cm³/mol. The maximum atomic E-state index is 4.79.